The number of furan rings is 1. The number of rotatable bonds is 2. The monoisotopic (exact) mass is 921 g/mol. The lowest BCUT2D eigenvalue weighted by Crippen LogP contribution is -2.63. The Bertz CT molecular complexity index is 3020. The lowest BCUT2D eigenvalue weighted by molar-refractivity contribution is 0.280. The van der Waals surface area contributed by atoms with Crippen molar-refractivity contribution in [3.05, 3.63) is 110 Å². The molecule has 0 spiro atoms. The standard InChI is InChI=1S/C65H85BN2O/c1-38-31-42-45(62(13,14)27-25-59(42,7)8)36-48(38)68-49-37-46-44(61(11,12)26-28-63(46,15)16)35-47(49)66-53-50(32-39(33-51(53)68)57(2,3)4)67(40-21-22-41-43(34-40)60(9,10)24-23-58(41,5)6)56-54(66)52-55(69-56)65(19,20)30-29-64(52,17)18/h21-22,31-37H,23-30H2,1-20H3. The van der Waals surface area contributed by atoms with Crippen LogP contribution in [0, 0.1) is 6.92 Å². The average molecular weight is 921 g/mol. The molecule has 1 aromatic heterocycles. The lowest BCUT2D eigenvalue weighted by Gasteiger charge is -2.48. The van der Waals surface area contributed by atoms with Crippen molar-refractivity contribution < 1.29 is 4.42 Å². The molecule has 0 amide bonds. The fourth-order valence-electron chi connectivity index (χ4n) is 14.5. The molecule has 4 aliphatic carbocycles. The third-order valence-corrected chi connectivity index (χ3v) is 19.9. The van der Waals surface area contributed by atoms with Gasteiger partial charge >= 0.3 is 0 Å². The Morgan fingerprint density at radius 3 is 1.41 bits per heavy atom. The smallest absolute Gasteiger partial charge is 0.256 e. The van der Waals surface area contributed by atoms with Crippen LogP contribution in [0.25, 0.3) is 0 Å². The summed E-state index contributed by atoms with van der Waals surface area (Å²) in [6.07, 6.45) is 9.34. The van der Waals surface area contributed by atoms with E-state index in [2.05, 4.69) is 203 Å². The van der Waals surface area contributed by atoms with Crippen LogP contribution in [-0.4, -0.2) is 6.71 Å². The molecule has 0 saturated heterocycles. The summed E-state index contributed by atoms with van der Waals surface area (Å²) < 4.78 is 7.81. The average Bonchev–Trinajstić information content (AvgIpc) is 3.67. The van der Waals surface area contributed by atoms with Gasteiger partial charge in [0.05, 0.1) is 0 Å². The number of aryl methyl sites for hydroxylation is 1. The molecule has 364 valence electrons. The minimum absolute atomic E-state index is 0.00496. The van der Waals surface area contributed by atoms with Gasteiger partial charge in [0.1, 0.15) is 5.76 Å². The van der Waals surface area contributed by atoms with Crippen molar-refractivity contribution in [3.8, 4) is 0 Å². The number of nitrogens with zero attached hydrogens (tertiary/aromatic N) is 2. The Balaban J connectivity index is 1.32. The predicted molar refractivity (Wildman–Crippen MR) is 297 cm³/mol. The van der Waals surface area contributed by atoms with Crippen LogP contribution in [0.2, 0.25) is 0 Å². The maximum absolute atomic E-state index is 7.81. The second-order valence-corrected chi connectivity index (χ2v) is 29.7. The molecular formula is C65H85BN2O. The van der Waals surface area contributed by atoms with E-state index in [1.165, 1.54) is 139 Å². The number of benzene rings is 4. The molecular weight excluding hydrogens is 836 g/mol. The van der Waals surface area contributed by atoms with Crippen molar-refractivity contribution in [1.82, 2.24) is 0 Å². The van der Waals surface area contributed by atoms with Crippen LogP contribution in [0.15, 0.2) is 59.0 Å². The van der Waals surface area contributed by atoms with E-state index in [1.54, 1.807) is 0 Å². The van der Waals surface area contributed by atoms with Gasteiger partial charge in [-0.3, -0.25) is 4.90 Å². The predicted octanol–water partition coefficient (Wildman–Crippen LogP) is 16.4. The minimum atomic E-state index is -0.119. The first-order chi connectivity index (χ1) is 31.7. The highest BCUT2D eigenvalue weighted by atomic mass is 16.4. The first-order valence-electron chi connectivity index (χ1n) is 27.1. The molecule has 4 heteroatoms. The van der Waals surface area contributed by atoms with E-state index in [4.69, 9.17) is 4.42 Å². The molecule has 5 aromatic rings. The zero-order valence-corrected chi connectivity index (χ0v) is 46.7. The third kappa shape index (κ3) is 6.70. The molecule has 0 fully saturated rings. The second kappa shape index (κ2) is 14.1. The van der Waals surface area contributed by atoms with E-state index in [-0.39, 0.29) is 55.4 Å². The van der Waals surface area contributed by atoms with E-state index >= 15 is 0 Å². The largest absolute Gasteiger partial charge is 0.444 e. The van der Waals surface area contributed by atoms with Crippen molar-refractivity contribution in [2.24, 2.45) is 0 Å². The third-order valence-electron chi connectivity index (χ3n) is 19.9. The summed E-state index contributed by atoms with van der Waals surface area (Å²) >= 11 is 0. The van der Waals surface area contributed by atoms with Gasteiger partial charge in [0, 0.05) is 33.9 Å². The van der Waals surface area contributed by atoms with Gasteiger partial charge in [-0.25, -0.2) is 0 Å². The highest BCUT2D eigenvalue weighted by Gasteiger charge is 2.54. The topological polar surface area (TPSA) is 19.6 Å². The number of hydrogen-bond acceptors (Lipinski definition) is 3. The Morgan fingerprint density at radius 1 is 0.435 bits per heavy atom. The van der Waals surface area contributed by atoms with E-state index in [0.717, 1.165) is 18.7 Å². The van der Waals surface area contributed by atoms with Gasteiger partial charge < -0.3 is 9.32 Å². The van der Waals surface area contributed by atoms with Crippen LogP contribution < -0.4 is 26.2 Å². The van der Waals surface area contributed by atoms with Gasteiger partial charge in [-0.2, -0.15) is 0 Å². The van der Waals surface area contributed by atoms with Crippen LogP contribution >= 0.6 is 0 Å². The number of fused-ring (bicyclic) bond motifs is 9. The maximum Gasteiger partial charge on any atom is 0.256 e. The molecule has 0 radical (unpaired) electrons. The zero-order chi connectivity index (χ0) is 49.9. The molecule has 0 unspecified atom stereocenters. The fraction of sp³-hybridized carbons (Fsp3) is 0.569. The van der Waals surface area contributed by atoms with Crippen molar-refractivity contribution in [2.45, 2.75) is 239 Å². The minimum Gasteiger partial charge on any atom is -0.444 e. The van der Waals surface area contributed by atoms with Gasteiger partial charge in [-0.05, 0) is 204 Å². The summed E-state index contributed by atoms with van der Waals surface area (Å²) in [5.74, 6) is 2.23. The summed E-state index contributed by atoms with van der Waals surface area (Å²) in [4.78, 5) is 5.41. The quantitative estimate of drug-likeness (QED) is 0.161. The summed E-state index contributed by atoms with van der Waals surface area (Å²) in [6, 6.07) is 23.4. The van der Waals surface area contributed by atoms with Crippen LogP contribution in [0.5, 0.6) is 0 Å². The Hall–Kier alpha value is -4.18. The summed E-state index contributed by atoms with van der Waals surface area (Å²) in [5.41, 5.74) is 24.1. The molecule has 4 aromatic carbocycles. The molecule has 0 atom stereocenters. The number of hydrogen-bond donors (Lipinski definition) is 0. The normalized spacial score (nSPS) is 23.2. The Morgan fingerprint density at radius 2 is 0.870 bits per heavy atom. The van der Waals surface area contributed by atoms with Crippen molar-refractivity contribution in [2.75, 3.05) is 9.80 Å². The molecule has 0 N–H and O–H groups in total. The molecule has 2 aliphatic heterocycles. The molecule has 11 rings (SSSR count). The Kier molecular flexibility index (Phi) is 9.62. The summed E-state index contributed by atoms with van der Waals surface area (Å²) in [5, 5.41) is 0. The lowest BCUT2D eigenvalue weighted by atomic mass is 9.32. The highest BCUT2D eigenvalue weighted by molar-refractivity contribution is 7.00. The molecule has 0 saturated carbocycles. The van der Waals surface area contributed by atoms with E-state index in [0.29, 0.717) is 0 Å². The van der Waals surface area contributed by atoms with Crippen molar-refractivity contribution in [1.29, 1.82) is 0 Å². The highest BCUT2D eigenvalue weighted by Crippen LogP contribution is 2.57. The van der Waals surface area contributed by atoms with Crippen LogP contribution in [0.3, 0.4) is 0 Å². The molecule has 3 heterocycles. The molecule has 6 aliphatic rings. The van der Waals surface area contributed by atoms with Crippen molar-refractivity contribution >= 4 is 57.4 Å². The molecule has 0 bridgehead atoms. The van der Waals surface area contributed by atoms with E-state index in [9.17, 15) is 0 Å². The first-order valence-corrected chi connectivity index (χ1v) is 27.1. The molecule has 69 heavy (non-hydrogen) atoms. The van der Waals surface area contributed by atoms with Gasteiger partial charge in [0.2, 0.25) is 0 Å². The van der Waals surface area contributed by atoms with Gasteiger partial charge in [0.15, 0.2) is 5.88 Å². The number of anilines is 6. The van der Waals surface area contributed by atoms with Crippen LogP contribution in [0.4, 0.5) is 34.3 Å². The van der Waals surface area contributed by atoms with Crippen LogP contribution in [0.1, 0.15) is 239 Å². The zero-order valence-electron chi connectivity index (χ0n) is 46.7. The fourth-order valence-corrected chi connectivity index (χ4v) is 14.5. The van der Waals surface area contributed by atoms with Gasteiger partial charge in [-0.1, -0.05) is 150 Å². The Labute approximate surface area is 418 Å². The summed E-state index contributed by atoms with van der Waals surface area (Å²) in [7, 11) is 0. The van der Waals surface area contributed by atoms with Gasteiger partial charge in [-0.15, -0.1) is 0 Å². The van der Waals surface area contributed by atoms with E-state index in [1.807, 2.05) is 0 Å². The first kappa shape index (κ1) is 47.2. The maximum atomic E-state index is 7.81. The summed E-state index contributed by atoms with van der Waals surface area (Å²) in [6.45, 7) is 49.4. The second-order valence-electron chi connectivity index (χ2n) is 29.7. The molecule has 3 nitrogen and oxygen atoms in total. The van der Waals surface area contributed by atoms with Crippen molar-refractivity contribution in [3.63, 3.8) is 0 Å². The SMILES string of the molecule is Cc1cc2c(cc1N1c3cc4c(cc3B3c5c1cc(C(C)(C)C)cc5N(c1ccc5c(c1)C(C)(C)CCC5(C)C)c1oc5c(c13)C(C)(C)CCC5(C)C)C(C)(C)CCC4(C)C)C(C)(C)CCC2(C)C. The van der Waals surface area contributed by atoms with E-state index < -0.39 is 0 Å². The van der Waals surface area contributed by atoms with Crippen LogP contribution in [-0.2, 0) is 48.7 Å². The van der Waals surface area contributed by atoms with Gasteiger partial charge in [0.25, 0.3) is 6.71 Å².